The lowest BCUT2D eigenvalue weighted by atomic mass is 10.2. The smallest absolute Gasteiger partial charge is 0.252 e. The third kappa shape index (κ3) is 2.52. The van der Waals surface area contributed by atoms with E-state index in [0.717, 1.165) is 23.7 Å². The first kappa shape index (κ1) is 12.7. The summed E-state index contributed by atoms with van der Waals surface area (Å²) in [6, 6.07) is 9.53. The van der Waals surface area contributed by atoms with Crippen molar-refractivity contribution < 1.29 is 4.79 Å². The van der Waals surface area contributed by atoms with Crippen LogP contribution in [0.15, 0.2) is 35.1 Å². The van der Waals surface area contributed by atoms with Crippen LogP contribution in [0.1, 0.15) is 12.8 Å². The van der Waals surface area contributed by atoms with Crippen LogP contribution in [-0.2, 0) is 11.8 Å². The van der Waals surface area contributed by atoms with Crippen molar-refractivity contribution in [2.75, 3.05) is 11.9 Å². The largest absolute Gasteiger partial charge is 0.375 e. The average Bonchev–Trinajstić information content (AvgIpc) is 3.25. The number of aromatic nitrogens is 1. The van der Waals surface area contributed by atoms with Crippen LogP contribution < -0.4 is 16.2 Å². The Morgan fingerprint density at radius 3 is 2.85 bits per heavy atom. The topological polar surface area (TPSA) is 63.1 Å². The number of carbonyl (C=O) groups excluding carboxylic acids is 1. The minimum atomic E-state index is -0.0891. The third-order valence-corrected chi connectivity index (χ3v) is 3.54. The van der Waals surface area contributed by atoms with Crippen molar-refractivity contribution in [3.63, 3.8) is 0 Å². The molecule has 0 spiro atoms. The summed E-state index contributed by atoms with van der Waals surface area (Å²) in [5.74, 6) is -0.0303. The van der Waals surface area contributed by atoms with E-state index in [9.17, 15) is 9.59 Å². The second-order valence-electron chi connectivity index (χ2n) is 5.17. The Bertz CT molecular complexity index is 717. The Hall–Kier alpha value is -2.30. The molecule has 0 atom stereocenters. The molecule has 20 heavy (non-hydrogen) atoms. The van der Waals surface area contributed by atoms with E-state index in [-0.39, 0.29) is 18.0 Å². The van der Waals surface area contributed by atoms with Gasteiger partial charge in [0.25, 0.3) is 5.56 Å². The fraction of sp³-hybridized carbons (Fsp3) is 0.333. The number of para-hydroxylation sites is 1. The first-order chi connectivity index (χ1) is 9.65. The Morgan fingerprint density at radius 2 is 2.10 bits per heavy atom. The van der Waals surface area contributed by atoms with E-state index in [1.54, 1.807) is 11.6 Å². The lowest BCUT2D eigenvalue weighted by molar-refractivity contribution is -0.119. The predicted molar refractivity (Wildman–Crippen MR) is 78.8 cm³/mol. The minimum Gasteiger partial charge on any atom is -0.375 e. The number of nitrogens with one attached hydrogen (secondary N) is 2. The molecule has 1 saturated carbocycles. The molecule has 0 unspecified atom stereocenters. The number of pyridine rings is 1. The van der Waals surface area contributed by atoms with E-state index < -0.39 is 0 Å². The second-order valence-corrected chi connectivity index (χ2v) is 5.17. The van der Waals surface area contributed by atoms with E-state index in [2.05, 4.69) is 10.6 Å². The molecule has 0 bridgehead atoms. The van der Waals surface area contributed by atoms with Crippen molar-refractivity contribution in [1.29, 1.82) is 0 Å². The summed E-state index contributed by atoms with van der Waals surface area (Å²) >= 11 is 0. The maximum absolute atomic E-state index is 11.9. The summed E-state index contributed by atoms with van der Waals surface area (Å²) in [5, 5.41) is 6.92. The van der Waals surface area contributed by atoms with Gasteiger partial charge in [-0.1, -0.05) is 18.2 Å². The minimum absolute atomic E-state index is 0.0303. The van der Waals surface area contributed by atoms with Gasteiger partial charge in [0.1, 0.15) is 0 Å². The molecule has 104 valence electrons. The van der Waals surface area contributed by atoms with Crippen molar-refractivity contribution in [3.8, 4) is 0 Å². The zero-order valence-corrected chi connectivity index (χ0v) is 11.3. The molecule has 2 aromatic rings. The van der Waals surface area contributed by atoms with Gasteiger partial charge in [-0.3, -0.25) is 9.59 Å². The van der Waals surface area contributed by atoms with Gasteiger partial charge in [-0.25, -0.2) is 0 Å². The zero-order chi connectivity index (χ0) is 14.1. The molecule has 1 aromatic carbocycles. The molecule has 0 aliphatic heterocycles. The molecular weight excluding hydrogens is 254 g/mol. The molecule has 1 fully saturated rings. The number of fused-ring (bicyclic) bond motifs is 1. The van der Waals surface area contributed by atoms with Crippen LogP contribution in [0.2, 0.25) is 0 Å². The van der Waals surface area contributed by atoms with Gasteiger partial charge in [-0.15, -0.1) is 0 Å². The quantitative estimate of drug-likeness (QED) is 0.879. The van der Waals surface area contributed by atoms with E-state index in [1.165, 1.54) is 6.07 Å². The molecule has 0 radical (unpaired) electrons. The monoisotopic (exact) mass is 271 g/mol. The number of hydrogen-bond acceptors (Lipinski definition) is 3. The number of amides is 1. The van der Waals surface area contributed by atoms with Gasteiger partial charge in [-0.2, -0.15) is 0 Å². The highest BCUT2D eigenvalue weighted by molar-refractivity contribution is 5.93. The highest BCUT2D eigenvalue weighted by Gasteiger charge is 2.22. The standard InChI is InChI=1S/C15H17N3O2/c1-18-13-5-3-2-4-11(13)12(8-15(18)20)16-9-14(19)17-10-6-7-10/h2-5,8,10,16H,6-7,9H2,1H3,(H,17,19). The Labute approximate surface area is 116 Å². The van der Waals surface area contributed by atoms with Crippen LogP contribution >= 0.6 is 0 Å². The number of aryl methyl sites for hydroxylation is 1. The van der Waals surface area contributed by atoms with Crippen LogP contribution in [-0.4, -0.2) is 23.1 Å². The number of rotatable bonds is 4. The van der Waals surface area contributed by atoms with E-state index in [4.69, 9.17) is 0 Å². The van der Waals surface area contributed by atoms with Crippen molar-refractivity contribution in [3.05, 3.63) is 40.7 Å². The van der Waals surface area contributed by atoms with Crippen LogP contribution in [0.3, 0.4) is 0 Å². The van der Waals surface area contributed by atoms with Crippen LogP contribution in [0, 0.1) is 0 Å². The first-order valence-corrected chi connectivity index (χ1v) is 6.77. The number of nitrogens with zero attached hydrogens (tertiary/aromatic N) is 1. The predicted octanol–water partition coefficient (Wildman–Crippen LogP) is 1.23. The maximum atomic E-state index is 11.9. The lowest BCUT2D eigenvalue weighted by Gasteiger charge is -2.12. The number of carbonyl (C=O) groups is 1. The molecule has 3 rings (SSSR count). The van der Waals surface area contributed by atoms with Gasteiger partial charge in [0, 0.05) is 30.2 Å². The molecule has 5 nitrogen and oxygen atoms in total. The summed E-state index contributed by atoms with van der Waals surface area (Å²) in [6.07, 6.45) is 2.14. The first-order valence-electron chi connectivity index (χ1n) is 6.77. The van der Waals surface area contributed by atoms with Gasteiger partial charge < -0.3 is 15.2 Å². The van der Waals surface area contributed by atoms with Crippen molar-refractivity contribution in [2.24, 2.45) is 7.05 Å². The number of anilines is 1. The lowest BCUT2D eigenvalue weighted by Crippen LogP contribution is -2.31. The molecule has 1 heterocycles. The van der Waals surface area contributed by atoms with E-state index >= 15 is 0 Å². The summed E-state index contributed by atoms with van der Waals surface area (Å²) in [6.45, 7) is 0.188. The molecule has 1 amide bonds. The molecule has 0 saturated heterocycles. The Kier molecular flexibility index (Phi) is 3.18. The molecule has 1 aromatic heterocycles. The van der Waals surface area contributed by atoms with Crippen LogP contribution in [0.4, 0.5) is 5.69 Å². The zero-order valence-electron chi connectivity index (χ0n) is 11.3. The van der Waals surface area contributed by atoms with Crippen molar-refractivity contribution in [1.82, 2.24) is 9.88 Å². The third-order valence-electron chi connectivity index (χ3n) is 3.54. The summed E-state index contributed by atoms with van der Waals surface area (Å²) < 4.78 is 1.60. The average molecular weight is 271 g/mol. The van der Waals surface area contributed by atoms with E-state index in [1.807, 2.05) is 24.3 Å². The Morgan fingerprint density at radius 1 is 1.35 bits per heavy atom. The number of hydrogen-bond donors (Lipinski definition) is 2. The van der Waals surface area contributed by atoms with Gasteiger partial charge in [0.05, 0.1) is 12.1 Å². The second kappa shape index (κ2) is 5.00. The number of benzene rings is 1. The fourth-order valence-electron chi connectivity index (χ4n) is 2.24. The van der Waals surface area contributed by atoms with Gasteiger partial charge >= 0.3 is 0 Å². The van der Waals surface area contributed by atoms with Gasteiger partial charge in [0.15, 0.2) is 0 Å². The molecular formula is C15H17N3O2. The van der Waals surface area contributed by atoms with Gasteiger partial charge in [0.2, 0.25) is 5.91 Å². The molecule has 2 N–H and O–H groups in total. The SMILES string of the molecule is Cn1c(=O)cc(NCC(=O)NC2CC2)c2ccccc21. The molecule has 5 heteroatoms. The summed E-state index contributed by atoms with van der Waals surface area (Å²) in [4.78, 5) is 23.6. The molecule has 1 aliphatic rings. The van der Waals surface area contributed by atoms with Gasteiger partial charge in [-0.05, 0) is 18.9 Å². The van der Waals surface area contributed by atoms with E-state index in [0.29, 0.717) is 11.7 Å². The maximum Gasteiger partial charge on any atom is 0.252 e. The fourth-order valence-corrected chi connectivity index (χ4v) is 2.24. The summed E-state index contributed by atoms with van der Waals surface area (Å²) in [7, 11) is 1.74. The summed E-state index contributed by atoms with van der Waals surface area (Å²) in [5.41, 5.74) is 1.47. The van der Waals surface area contributed by atoms with Crippen molar-refractivity contribution >= 4 is 22.5 Å². The van der Waals surface area contributed by atoms with Crippen molar-refractivity contribution in [2.45, 2.75) is 18.9 Å². The highest BCUT2D eigenvalue weighted by atomic mass is 16.2. The van der Waals surface area contributed by atoms with Crippen LogP contribution in [0.25, 0.3) is 10.9 Å². The van der Waals surface area contributed by atoms with Crippen LogP contribution in [0.5, 0.6) is 0 Å². The molecule has 1 aliphatic carbocycles. The Balaban J connectivity index is 1.85. The normalized spacial score (nSPS) is 14.2. The highest BCUT2D eigenvalue weighted by Crippen LogP contribution is 2.21.